The number of rotatable bonds is 4. The quantitative estimate of drug-likeness (QED) is 0.911. The second-order valence-electron chi connectivity index (χ2n) is 7.04. The van der Waals surface area contributed by atoms with Crippen molar-refractivity contribution in [3.05, 3.63) is 16.8 Å². The number of nitrogens with one attached hydrogen (secondary N) is 1. The topological polar surface area (TPSA) is 67.4 Å². The molecule has 2 rings (SSSR count). The minimum absolute atomic E-state index is 0.0642. The van der Waals surface area contributed by atoms with Gasteiger partial charge in [-0.05, 0) is 52.5 Å². The fourth-order valence-corrected chi connectivity index (χ4v) is 3.27. The molecule has 0 saturated carbocycles. The SMILES string of the molecule is Cc1nc(N(C)C(C)CNC(=O)OC(C)(C)C)c2c(C)csc2n1. The molecule has 1 atom stereocenters. The fourth-order valence-electron chi connectivity index (χ4n) is 2.31. The standard InChI is InChI=1S/C17H26N4O2S/c1-10-9-24-15-13(10)14(19-12(3)20-15)21(7)11(2)8-18-16(22)23-17(4,5)6/h9,11H,8H2,1-7H3,(H,18,22). The number of nitrogens with zero attached hydrogens (tertiary/aromatic N) is 3. The number of carbonyl (C=O) groups is 1. The van der Waals surface area contributed by atoms with E-state index in [2.05, 4.69) is 32.5 Å². The van der Waals surface area contributed by atoms with E-state index in [1.807, 2.05) is 41.7 Å². The predicted octanol–water partition coefficient (Wildman–Crippen LogP) is 3.66. The van der Waals surface area contributed by atoms with Gasteiger partial charge in [-0.2, -0.15) is 0 Å². The molecule has 1 amide bonds. The lowest BCUT2D eigenvalue weighted by Crippen LogP contribution is -2.42. The normalized spacial score (nSPS) is 13.0. The number of carbonyl (C=O) groups excluding carboxylic acids is 1. The molecule has 24 heavy (non-hydrogen) atoms. The largest absolute Gasteiger partial charge is 0.444 e. The molecule has 2 aromatic rings. The average molecular weight is 350 g/mol. The average Bonchev–Trinajstić information content (AvgIpc) is 2.82. The summed E-state index contributed by atoms with van der Waals surface area (Å²) in [7, 11) is 1.99. The molecule has 0 bridgehead atoms. The number of hydrogen-bond donors (Lipinski definition) is 1. The summed E-state index contributed by atoms with van der Waals surface area (Å²) in [6, 6.07) is 0.0642. The van der Waals surface area contributed by atoms with E-state index in [1.165, 1.54) is 5.56 Å². The molecule has 0 spiro atoms. The summed E-state index contributed by atoms with van der Waals surface area (Å²) in [6.45, 7) is 12.0. The van der Waals surface area contributed by atoms with Gasteiger partial charge >= 0.3 is 6.09 Å². The number of anilines is 1. The van der Waals surface area contributed by atoms with Crippen LogP contribution >= 0.6 is 11.3 Å². The second-order valence-corrected chi connectivity index (χ2v) is 7.89. The van der Waals surface area contributed by atoms with Crippen LogP contribution in [0.3, 0.4) is 0 Å². The lowest BCUT2D eigenvalue weighted by Gasteiger charge is -2.28. The van der Waals surface area contributed by atoms with Crippen molar-refractivity contribution in [1.82, 2.24) is 15.3 Å². The molecule has 2 heterocycles. The third-order valence-electron chi connectivity index (χ3n) is 3.65. The maximum absolute atomic E-state index is 11.8. The lowest BCUT2D eigenvalue weighted by molar-refractivity contribution is 0.0525. The van der Waals surface area contributed by atoms with Gasteiger partial charge in [0.05, 0.1) is 5.39 Å². The summed E-state index contributed by atoms with van der Waals surface area (Å²) in [5.74, 6) is 1.65. The number of hydrogen-bond acceptors (Lipinski definition) is 6. The third-order valence-corrected chi connectivity index (χ3v) is 4.64. The predicted molar refractivity (Wildman–Crippen MR) is 99.0 cm³/mol. The molecule has 0 aliphatic carbocycles. The number of aryl methyl sites for hydroxylation is 2. The maximum Gasteiger partial charge on any atom is 0.407 e. The molecule has 0 aliphatic rings. The Hall–Kier alpha value is -1.89. The highest BCUT2D eigenvalue weighted by atomic mass is 32.1. The van der Waals surface area contributed by atoms with E-state index in [1.54, 1.807) is 11.3 Å². The summed E-state index contributed by atoms with van der Waals surface area (Å²) in [6.07, 6.45) is -0.404. The van der Waals surface area contributed by atoms with E-state index in [0.29, 0.717) is 6.54 Å². The molecule has 132 valence electrons. The molecule has 2 aromatic heterocycles. The number of fused-ring (bicyclic) bond motifs is 1. The van der Waals surface area contributed by atoms with E-state index in [4.69, 9.17) is 4.74 Å². The van der Waals surface area contributed by atoms with Crippen molar-refractivity contribution < 1.29 is 9.53 Å². The second kappa shape index (κ2) is 6.93. The number of amides is 1. The molecule has 1 unspecified atom stereocenters. The van der Waals surface area contributed by atoms with E-state index in [-0.39, 0.29) is 6.04 Å². The van der Waals surface area contributed by atoms with Crippen LogP contribution in [0.2, 0.25) is 0 Å². The van der Waals surface area contributed by atoms with Crippen LogP contribution in [-0.2, 0) is 4.74 Å². The van der Waals surface area contributed by atoms with Crippen molar-refractivity contribution in [2.75, 3.05) is 18.5 Å². The number of ether oxygens (including phenoxy) is 1. The fraction of sp³-hybridized carbons (Fsp3) is 0.588. The van der Waals surface area contributed by atoms with Crippen LogP contribution < -0.4 is 10.2 Å². The maximum atomic E-state index is 11.8. The van der Waals surface area contributed by atoms with Gasteiger partial charge in [-0.25, -0.2) is 14.8 Å². The van der Waals surface area contributed by atoms with Crippen LogP contribution in [0.5, 0.6) is 0 Å². The lowest BCUT2D eigenvalue weighted by atomic mass is 10.2. The smallest absolute Gasteiger partial charge is 0.407 e. The van der Waals surface area contributed by atoms with Gasteiger partial charge in [0.2, 0.25) is 0 Å². The van der Waals surface area contributed by atoms with Crippen LogP contribution in [0.4, 0.5) is 10.6 Å². The van der Waals surface area contributed by atoms with Crippen molar-refractivity contribution in [3.8, 4) is 0 Å². The van der Waals surface area contributed by atoms with Crippen molar-refractivity contribution in [3.63, 3.8) is 0 Å². The molecule has 6 nitrogen and oxygen atoms in total. The summed E-state index contributed by atoms with van der Waals surface area (Å²) < 4.78 is 5.28. The van der Waals surface area contributed by atoms with E-state index in [9.17, 15) is 4.79 Å². The van der Waals surface area contributed by atoms with Crippen LogP contribution in [0.15, 0.2) is 5.38 Å². The minimum Gasteiger partial charge on any atom is -0.444 e. The van der Waals surface area contributed by atoms with E-state index < -0.39 is 11.7 Å². The Balaban J connectivity index is 2.12. The Labute approximate surface area is 147 Å². The third kappa shape index (κ3) is 4.35. The number of alkyl carbamates (subject to hydrolysis) is 1. The van der Waals surface area contributed by atoms with Crippen LogP contribution in [0.1, 0.15) is 39.1 Å². The van der Waals surface area contributed by atoms with Gasteiger partial charge in [0.25, 0.3) is 0 Å². The van der Waals surface area contributed by atoms with Gasteiger partial charge in [-0.15, -0.1) is 11.3 Å². The van der Waals surface area contributed by atoms with E-state index >= 15 is 0 Å². The highest BCUT2D eigenvalue weighted by Crippen LogP contribution is 2.31. The van der Waals surface area contributed by atoms with Gasteiger partial charge in [-0.3, -0.25) is 0 Å². The number of likely N-dealkylation sites (N-methyl/N-ethyl adjacent to an activating group) is 1. The first kappa shape index (κ1) is 18.4. The zero-order valence-corrected chi connectivity index (χ0v) is 16.2. The first-order valence-corrected chi connectivity index (χ1v) is 8.88. The summed E-state index contributed by atoms with van der Waals surface area (Å²) >= 11 is 1.63. The Morgan fingerprint density at radius 3 is 2.67 bits per heavy atom. The Kier molecular flexibility index (Phi) is 5.32. The Morgan fingerprint density at radius 1 is 1.38 bits per heavy atom. The van der Waals surface area contributed by atoms with Crippen molar-refractivity contribution in [1.29, 1.82) is 0 Å². The first-order chi connectivity index (χ1) is 11.1. The molecular weight excluding hydrogens is 324 g/mol. The van der Waals surface area contributed by atoms with Gasteiger partial charge in [0.15, 0.2) is 0 Å². The van der Waals surface area contributed by atoms with Gasteiger partial charge in [-0.1, -0.05) is 0 Å². The monoisotopic (exact) mass is 350 g/mol. The van der Waals surface area contributed by atoms with Crippen molar-refractivity contribution in [2.24, 2.45) is 0 Å². The van der Waals surface area contributed by atoms with Gasteiger partial charge in [0.1, 0.15) is 22.1 Å². The zero-order chi connectivity index (χ0) is 18.1. The first-order valence-electron chi connectivity index (χ1n) is 8.00. The highest BCUT2D eigenvalue weighted by molar-refractivity contribution is 7.17. The van der Waals surface area contributed by atoms with Gasteiger partial charge < -0.3 is 15.0 Å². The highest BCUT2D eigenvalue weighted by Gasteiger charge is 2.20. The molecular formula is C17H26N4O2S. The van der Waals surface area contributed by atoms with Crippen LogP contribution in [0.25, 0.3) is 10.2 Å². The van der Waals surface area contributed by atoms with E-state index in [0.717, 1.165) is 21.9 Å². The molecule has 0 aromatic carbocycles. The van der Waals surface area contributed by atoms with Crippen molar-refractivity contribution in [2.45, 2.75) is 53.2 Å². The van der Waals surface area contributed by atoms with Crippen LogP contribution in [-0.4, -0.2) is 41.3 Å². The molecule has 0 saturated heterocycles. The Morgan fingerprint density at radius 2 is 2.04 bits per heavy atom. The number of thiophene rings is 1. The molecule has 7 heteroatoms. The molecule has 0 fully saturated rings. The number of aromatic nitrogens is 2. The summed E-state index contributed by atoms with van der Waals surface area (Å²) in [5.41, 5.74) is 0.673. The Bertz CT molecular complexity index is 736. The minimum atomic E-state index is -0.497. The van der Waals surface area contributed by atoms with Crippen LogP contribution in [0, 0.1) is 13.8 Å². The zero-order valence-electron chi connectivity index (χ0n) is 15.4. The van der Waals surface area contributed by atoms with Gasteiger partial charge in [0, 0.05) is 19.6 Å². The summed E-state index contributed by atoms with van der Waals surface area (Å²) in [5, 5.41) is 5.99. The molecule has 0 aliphatic heterocycles. The van der Waals surface area contributed by atoms with Crippen molar-refractivity contribution >= 4 is 33.5 Å². The summed E-state index contributed by atoms with van der Waals surface area (Å²) in [4.78, 5) is 24.0. The molecule has 0 radical (unpaired) electrons. The molecule has 1 N–H and O–H groups in total.